The van der Waals surface area contributed by atoms with Crippen molar-refractivity contribution >= 4 is 5.91 Å². The van der Waals surface area contributed by atoms with Gasteiger partial charge in [-0.15, -0.1) is 0 Å². The summed E-state index contributed by atoms with van der Waals surface area (Å²) in [5.74, 6) is -0.216. The lowest BCUT2D eigenvalue weighted by molar-refractivity contribution is -0.170. The van der Waals surface area contributed by atoms with Gasteiger partial charge in [0.2, 0.25) is 0 Å². The maximum Gasteiger partial charge on any atom is 0.325 e. The maximum atomic E-state index is 12.4. The van der Waals surface area contributed by atoms with E-state index in [1.165, 1.54) is 10.8 Å². The van der Waals surface area contributed by atoms with Gasteiger partial charge in [-0.05, 0) is 26.2 Å². The minimum Gasteiger partial charge on any atom is -0.381 e. The Balaban J connectivity index is 1.73. The molecule has 7 nitrogen and oxygen atoms in total. The normalized spacial score (nSPS) is 26.6. The molecule has 1 saturated heterocycles. The number of hydrogen-bond donors (Lipinski definition) is 2. The van der Waals surface area contributed by atoms with Crippen LogP contribution >= 0.6 is 0 Å². The lowest BCUT2D eigenvalue weighted by Crippen LogP contribution is -2.66. The third-order valence-electron chi connectivity index (χ3n) is 5.11. The first-order chi connectivity index (χ1) is 10.6. The van der Waals surface area contributed by atoms with Gasteiger partial charge in [-0.3, -0.25) is 9.36 Å². The van der Waals surface area contributed by atoms with E-state index in [0.29, 0.717) is 25.5 Å². The second-order valence-electron chi connectivity index (χ2n) is 6.09. The van der Waals surface area contributed by atoms with Crippen molar-refractivity contribution in [2.75, 3.05) is 19.8 Å². The van der Waals surface area contributed by atoms with Crippen molar-refractivity contribution < 1.29 is 14.3 Å². The first-order valence-corrected chi connectivity index (χ1v) is 7.83. The van der Waals surface area contributed by atoms with Crippen LogP contribution in [-0.2, 0) is 16.5 Å². The standard InChI is InChI=1S/C15H23N3O4/c1-3-22-12-8-11(15(12)4-6-21-7-5-15)17-13(19)10-9-16-14(20)18(10)2/h9,11-12H,3-8H2,1-2H3,(H,16,20)(H,17,19)/t11-,12-/m1/s1. The molecule has 1 aromatic rings. The Kier molecular flexibility index (Phi) is 4.10. The first kappa shape index (κ1) is 15.3. The average Bonchev–Trinajstić information content (AvgIpc) is 2.87. The molecule has 0 aromatic carbocycles. The van der Waals surface area contributed by atoms with Crippen LogP contribution in [0.15, 0.2) is 11.0 Å². The van der Waals surface area contributed by atoms with E-state index >= 15 is 0 Å². The lowest BCUT2D eigenvalue weighted by atomic mass is 9.57. The van der Waals surface area contributed by atoms with Gasteiger partial charge in [0.1, 0.15) is 5.69 Å². The highest BCUT2D eigenvalue weighted by atomic mass is 16.5. The van der Waals surface area contributed by atoms with Crippen molar-refractivity contribution in [2.45, 2.75) is 38.3 Å². The molecule has 0 bridgehead atoms. The van der Waals surface area contributed by atoms with Gasteiger partial charge in [-0.1, -0.05) is 0 Å². The number of imidazole rings is 1. The van der Waals surface area contributed by atoms with Crippen molar-refractivity contribution in [1.29, 1.82) is 0 Å². The molecule has 2 aliphatic rings. The maximum absolute atomic E-state index is 12.4. The molecule has 3 rings (SSSR count). The van der Waals surface area contributed by atoms with Gasteiger partial charge < -0.3 is 19.8 Å². The molecule has 2 N–H and O–H groups in total. The van der Waals surface area contributed by atoms with Crippen LogP contribution in [-0.4, -0.2) is 47.4 Å². The molecule has 22 heavy (non-hydrogen) atoms. The van der Waals surface area contributed by atoms with Gasteiger partial charge in [0.15, 0.2) is 0 Å². The summed E-state index contributed by atoms with van der Waals surface area (Å²) >= 11 is 0. The monoisotopic (exact) mass is 309 g/mol. The van der Waals surface area contributed by atoms with Gasteiger partial charge in [0.05, 0.1) is 6.10 Å². The molecule has 7 heteroatoms. The fraction of sp³-hybridized carbons (Fsp3) is 0.733. The summed E-state index contributed by atoms with van der Waals surface area (Å²) in [7, 11) is 1.59. The largest absolute Gasteiger partial charge is 0.381 e. The number of carbonyl (C=O) groups excluding carboxylic acids is 1. The zero-order valence-corrected chi connectivity index (χ0v) is 13.1. The zero-order chi connectivity index (χ0) is 15.7. The molecule has 1 saturated carbocycles. The molecular formula is C15H23N3O4. The van der Waals surface area contributed by atoms with E-state index in [0.717, 1.165) is 19.3 Å². The van der Waals surface area contributed by atoms with E-state index in [1.807, 2.05) is 6.92 Å². The molecule has 2 fully saturated rings. The molecule has 1 spiro atoms. The Morgan fingerprint density at radius 1 is 1.55 bits per heavy atom. The minimum absolute atomic E-state index is 0.0287. The molecular weight excluding hydrogens is 286 g/mol. The van der Waals surface area contributed by atoms with Gasteiger partial charge in [-0.2, -0.15) is 0 Å². The van der Waals surface area contributed by atoms with Crippen molar-refractivity contribution in [3.05, 3.63) is 22.4 Å². The number of aromatic nitrogens is 2. The third-order valence-corrected chi connectivity index (χ3v) is 5.11. The topological polar surface area (TPSA) is 85.4 Å². The molecule has 2 atom stereocenters. The first-order valence-electron chi connectivity index (χ1n) is 7.83. The van der Waals surface area contributed by atoms with Crippen LogP contribution in [0.5, 0.6) is 0 Å². The van der Waals surface area contributed by atoms with E-state index in [-0.39, 0.29) is 29.2 Å². The van der Waals surface area contributed by atoms with E-state index < -0.39 is 0 Å². The lowest BCUT2D eigenvalue weighted by Gasteiger charge is -2.57. The van der Waals surface area contributed by atoms with Gasteiger partial charge in [0.25, 0.3) is 5.91 Å². The highest BCUT2D eigenvalue weighted by Gasteiger charge is 2.56. The molecule has 0 radical (unpaired) electrons. The predicted octanol–water partition coefficient (Wildman–Crippen LogP) is 0.417. The second-order valence-corrected chi connectivity index (χ2v) is 6.09. The average molecular weight is 309 g/mol. The number of H-pyrrole nitrogens is 1. The summed E-state index contributed by atoms with van der Waals surface area (Å²) in [6.45, 7) is 4.09. The predicted molar refractivity (Wildman–Crippen MR) is 79.8 cm³/mol. The number of nitrogens with one attached hydrogen (secondary N) is 2. The van der Waals surface area contributed by atoms with Crippen molar-refractivity contribution in [3.63, 3.8) is 0 Å². The summed E-state index contributed by atoms with van der Waals surface area (Å²) in [6.07, 6.45) is 4.25. The smallest absolute Gasteiger partial charge is 0.325 e. The molecule has 1 aliphatic heterocycles. The van der Waals surface area contributed by atoms with Crippen LogP contribution in [0.3, 0.4) is 0 Å². The van der Waals surface area contributed by atoms with Crippen LogP contribution < -0.4 is 11.0 Å². The van der Waals surface area contributed by atoms with Crippen LogP contribution in [0.1, 0.15) is 36.7 Å². The Hall–Kier alpha value is -1.60. The van der Waals surface area contributed by atoms with Crippen LogP contribution in [0.2, 0.25) is 0 Å². The quantitative estimate of drug-likeness (QED) is 0.844. The van der Waals surface area contributed by atoms with Crippen molar-refractivity contribution in [1.82, 2.24) is 14.9 Å². The Morgan fingerprint density at radius 2 is 2.27 bits per heavy atom. The molecule has 0 unspecified atom stereocenters. The second kappa shape index (κ2) is 5.89. The van der Waals surface area contributed by atoms with Crippen molar-refractivity contribution in [2.24, 2.45) is 12.5 Å². The number of nitrogens with zero attached hydrogens (tertiary/aromatic N) is 1. The summed E-state index contributed by atoms with van der Waals surface area (Å²) in [5, 5.41) is 3.08. The summed E-state index contributed by atoms with van der Waals surface area (Å²) in [4.78, 5) is 26.4. The molecule has 1 aromatic heterocycles. The van der Waals surface area contributed by atoms with Gasteiger partial charge in [-0.25, -0.2) is 4.79 Å². The van der Waals surface area contributed by atoms with Crippen molar-refractivity contribution in [3.8, 4) is 0 Å². The minimum atomic E-state index is -0.285. The van der Waals surface area contributed by atoms with Gasteiger partial charge >= 0.3 is 5.69 Å². The Morgan fingerprint density at radius 3 is 2.86 bits per heavy atom. The Bertz CT molecular complexity index is 600. The van der Waals surface area contributed by atoms with E-state index in [4.69, 9.17) is 9.47 Å². The number of carbonyl (C=O) groups is 1. The van der Waals surface area contributed by atoms with E-state index in [1.54, 1.807) is 7.05 Å². The summed E-state index contributed by atoms with van der Waals surface area (Å²) < 4.78 is 12.6. The van der Waals surface area contributed by atoms with E-state index in [9.17, 15) is 9.59 Å². The third kappa shape index (κ3) is 2.38. The molecule has 1 amide bonds. The summed E-state index contributed by atoms with van der Waals surface area (Å²) in [6, 6.07) is 0.0745. The van der Waals surface area contributed by atoms with Crippen LogP contribution in [0.4, 0.5) is 0 Å². The fourth-order valence-corrected chi connectivity index (χ4v) is 3.69. The highest BCUT2D eigenvalue weighted by molar-refractivity contribution is 5.92. The number of amides is 1. The van der Waals surface area contributed by atoms with Crippen LogP contribution in [0, 0.1) is 5.41 Å². The number of aromatic amines is 1. The molecule has 2 heterocycles. The number of hydrogen-bond acceptors (Lipinski definition) is 4. The highest BCUT2D eigenvalue weighted by Crippen LogP contribution is 2.50. The molecule has 122 valence electrons. The fourth-order valence-electron chi connectivity index (χ4n) is 3.69. The molecule has 1 aliphatic carbocycles. The van der Waals surface area contributed by atoms with E-state index in [2.05, 4.69) is 10.3 Å². The number of ether oxygens (including phenoxy) is 2. The zero-order valence-electron chi connectivity index (χ0n) is 13.1. The van der Waals surface area contributed by atoms with Gasteiger partial charge in [0, 0.05) is 44.5 Å². The number of rotatable bonds is 4. The summed E-state index contributed by atoms with van der Waals surface area (Å²) in [5.41, 5.74) is 0.0397. The van der Waals surface area contributed by atoms with Crippen LogP contribution in [0.25, 0.3) is 0 Å². The Labute approximate surface area is 129 Å². The SMILES string of the molecule is CCO[C@@H]1C[C@@H](NC(=O)c2c[nH]c(=O)n2C)C12CCOCC2.